The third-order valence-corrected chi connectivity index (χ3v) is 3.08. The van der Waals surface area contributed by atoms with E-state index in [-0.39, 0.29) is 12.1 Å². The highest BCUT2D eigenvalue weighted by Gasteiger charge is 2.07. The first-order valence-electron chi connectivity index (χ1n) is 6.36. The van der Waals surface area contributed by atoms with Crippen molar-refractivity contribution in [2.24, 2.45) is 0 Å². The molecule has 0 fully saturated rings. The molecule has 21 heavy (non-hydrogen) atoms. The van der Waals surface area contributed by atoms with Gasteiger partial charge in [0.05, 0.1) is 5.69 Å². The molecule has 3 aromatic rings. The summed E-state index contributed by atoms with van der Waals surface area (Å²) in [5.41, 5.74) is 1.65. The van der Waals surface area contributed by atoms with E-state index in [1.165, 1.54) is 24.5 Å². The van der Waals surface area contributed by atoms with Crippen LogP contribution in [0.25, 0.3) is 5.69 Å². The lowest BCUT2D eigenvalue weighted by Crippen LogP contribution is -2.04. The molecule has 0 saturated carbocycles. The highest BCUT2D eigenvalue weighted by molar-refractivity contribution is 5.48. The Labute approximate surface area is 120 Å². The molecule has 6 heteroatoms. The van der Waals surface area contributed by atoms with Gasteiger partial charge in [-0.3, -0.25) is 0 Å². The van der Waals surface area contributed by atoms with Crippen molar-refractivity contribution in [3.05, 3.63) is 72.3 Å². The number of rotatable bonds is 4. The predicted octanol–water partition coefficient (Wildman–Crippen LogP) is 3.16. The van der Waals surface area contributed by atoms with Crippen molar-refractivity contribution in [2.45, 2.75) is 6.54 Å². The summed E-state index contributed by atoms with van der Waals surface area (Å²) in [5.74, 6) is -1.11. The molecule has 0 saturated heterocycles. The molecule has 0 aliphatic heterocycles. The fourth-order valence-electron chi connectivity index (χ4n) is 1.97. The molecule has 0 bridgehead atoms. The van der Waals surface area contributed by atoms with Gasteiger partial charge in [0.1, 0.15) is 24.3 Å². The van der Waals surface area contributed by atoms with E-state index in [2.05, 4.69) is 15.4 Å². The second kappa shape index (κ2) is 5.70. The predicted molar refractivity (Wildman–Crippen MR) is 75.0 cm³/mol. The van der Waals surface area contributed by atoms with E-state index in [0.29, 0.717) is 0 Å². The third kappa shape index (κ3) is 2.89. The highest BCUT2D eigenvalue weighted by Crippen LogP contribution is 2.16. The Morgan fingerprint density at radius 1 is 1.00 bits per heavy atom. The lowest BCUT2D eigenvalue weighted by atomic mass is 10.2. The van der Waals surface area contributed by atoms with E-state index in [9.17, 15) is 8.78 Å². The maximum atomic E-state index is 13.5. The molecular formula is C15H12F2N4. The summed E-state index contributed by atoms with van der Waals surface area (Å²) >= 11 is 0. The second-order valence-electron chi connectivity index (χ2n) is 4.44. The molecule has 0 amide bonds. The summed E-state index contributed by atoms with van der Waals surface area (Å²) < 4.78 is 28.6. The standard InChI is InChI=1S/C15H12F2N4/c16-14-2-1-3-15(17)13(14)8-19-11-4-6-12(7-5-11)21-10-18-9-20-21/h1-7,9-10,19H,8H2. The SMILES string of the molecule is Fc1cccc(F)c1CNc1ccc(-n2cncn2)cc1. The van der Waals surface area contributed by atoms with Crippen LogP contribution in [0.15, 0.2) is 55.1 Å². The fourth-order valence-corrected chi connectivity index (χ4v) is 1.97. The lowest BCUT2D eigenvalue weighted by molar-refractivity contribution is 0.560. The third-order valence-electron chi connectivity index (χ3n) is 3.08. The Hall–Kier alpha value is -2.76. The van der Waals surface area contributed by atoms with Gasteiger partial charge in [0, 0.05) is 17.8 Å². The van der Waals surface area contributed by atoms with Crippen molar-refractivity contribution in [1.29, 1.82) is 0 Å². The molecule has 3 rings (SSSR count). The first-order valence-corrected chi connectivity index (χ1v) is 6.36. The van der Waals surface area contributed by atoms with E-state index in [4.69, 9.17) is 0 Å². The number of hydrogen-bond donors (Lipinski definition) is 1. The average Bonchev–Trinajstić information content (AvgIpc) is 3.02. The Morgan fingerprint density at radius 3 is 2.33 bits per heavy atom. The smallest absolute Gasteiger partial charge is 0.138 e. The van der Waals surface area contributed by atoms with Gasteiger partial charge >= 0.3 is 0 Å². The quantitative estimate of drug-likeness (QED) is 0.801. The van der Waals surface area contributed by atoms with Gasteiger partial charge in [-0.15, -0.1) is 0 Å². The maximum Gasteiger partial charge on any atom is 0.138 e. The molecule has 0 spiro atoms. The molecule has 1 N–H and O–H groups in total. The van der Waals surface area contributed by atoms with Crippen molar-refractivity contribution in [1.82, 2.24) is 14.8 Å². The van der Waals surface area contributed by atoms with Gasteiger partial charge in [0.2, 0.25) is 0 Å². The van der Waals surface area contributed by atoms with E-state index in [1.54, 1.807) is 11.0 Å². The summed E-state index contributed by atoms with van der Waals surface area (Å²) in [5, 5.41) is 7.01. The zero-order valence-corrected chi connectivity index (χ0v) is 11.0. The number of aromatic nitrogens is 3. The molecule has 0 unspecified atom stereocenters. The molecule has 1 aromatic heterocycles. The largest absolute Gasteiger partial charge is 0.381 e. The highest BCUT2D eigenvalue weighted by atomic mass is 19.1. The van der Waals surface area contributed by atoms with Crippen molar-refractivity contribution in [2.75, 3.05) is 5.32 Å². The Morgan fingerprint density at radius 2 is 1.71 bits per heavy atom. The van der Waals surface area contributed by atoms with Crippen molar-refractivity contribution in [3.63, 3.8) is 0 Å². The van der Waals surface area contributed by atoms with Gasteiger partial charge in [0.15, 0.2) is 0 Å². The number of halogens is 2. The number of benzene rings is 2. The van der Waals surface area contributed by atoms with Crippen LogP contribution < -0.4 is 5.32 Å². The molecule has 1 heterocycles. The van der Waals surface area contributed by atoms with Crippen LogP contribution in [0.4, 0.5) is 14.5 Å². The molecule has 0 atom stereocenters. The summed E-state index contributed by atoms with van der Waals surface area (Å²) in [6, 6.07) is 11.2. The molecule has 0 aliphatic rings. The minimum absolute atomic E-state index is 0.0258. The first kappa shape index (κ1) is 13.2. The normalized spacial score (nSPS) is 10.6. The molecule has 0 radical (unpaired) electrons. The van der Waals surface area contributed by atoms with E-state index < -0.39 is 11.6 Å². The molecule has 4 nitrogen and oxygen atoms in total. The molecule has 0 aliphatic carbocycles. The molecular weight excluding hydrogens is 274 g/mol. The number of anilines is 1. The molecule has 2 aromatic carbocycles. The van der Waals surface area contributed by atoms with Crippen LogP contribution in [0.1, 0.15) is 5.56 Å². The van der Waals surface area contributed by atoms with Crippen LogP contribution in [0.5, 0.6) is 0 Å². The van der Waals surface area contributed by atoms with Crippen molar-refractivity contribution in [3.8, 4) is 5.69 Å². The van der Waals surface area contributed by atoms with E-state index in [0.717, 1.165) is 11.4 Å². The van der Waals surface area contributed by atoms with Gasteiger partial charge in [-0.25, -0.2) is 18.4 Å². The van der Waals surface area contributed by atoms with Crippen molar-refractivity contribution >= 4 is 5.69 Å². The zero-order chi connectivity index (χ0) is 14.7. The van der Waals surface area contributed by atoms with Crippen LogP contribution in [-0.2, 0) is 6.54 Å². The van der Waals surface area contributed by atoms with Gasteiger partial charge in [-0.1, -0.05) is 6.07 Å². The summed E-state index contributed by atoms with van der Waals surface area (Å²) in [7, 11) is 0. The van der Waals surface area contributed by atoms with Crippen LogP contribution in [-0.4, -0.2) is 14.8 Å². The minimum atomic E-state index is -0.554. The Kier molecular flexibility index (Phi) is 3.59. The topological polar surface area (TPSA) is 42.7 Å². The maximum absolute atomic E-state index is 13.5. The Balaban J connectivity index is 1.71. The fraction of sp³-hybridized carbons (Fsp3) is 0.0667. The van der Waals surface area contributed by atoms with Gasteiger partial charge in [-0.05, 0) is 36.4 Å². The summed E-state index contributed by atoms with van der Waals surface area (Å²) in [6.45, 7) is 0.0845. The van der Waals surface area contributed by atoms with Gasteiger partial charge in [-0.2, -0.15) is 5.10 Å². The van der Waals surface area contributed by atoms with Crippen LogP contribution in [0, 0.1) is 11.6 Å². The van der Waals surface area contributed by atoms with Gasteiger partial charge < -0.3 is 5.32 Å². The summed E-state index contributed by atoms with van der Waals surface area (Å²) in [6.07, 6.45) is 3.05. The molecule has 106 valence electrons. The number of nitrogens with zero attached hydrogens (tertiary/aromatic N) is 3. The van der Waals surface area contributed by atoms with Gasteiger partial charge in [0.25, 0.3) is 0 Å². The Bertz CT molecular complexity index is 704. The summed E-state index contributed by atoms with van der Waals surface area (Å²) in [4.78, 5) is 3.87. The average molecular weight is 286 g/mol. The van der Waals surface area contributed by atoms with Crippen molar-refractivity contribution < 1.29 is 8.78 Å². The van der Waals surface area contributed by atoms with Crippen LogP contribution in [0.2, 0.25) is 0 Å². The minimum Gasteiger partial charge on any atom is -0.381 e. The number of nitrogens with one attached hydrogen (secondary N) is 1. The second-order valence-corrected chi connectivity index (χ2v) is 4.44. The zero-order valence-electron chi connectivity index (χ0n) is 11.0. The number of hydrogen-bond acceptors (Lipinski definition) is 3. The van der Waals surface area contributed by atoms with Crippen LogP contribution >= 0.6 is 0 Å². The van der Waals surface area contributed by atoms with E-state index in [1.807, 2.05) is 24.3 Å². The van der Waals surface area contributed by atoms with E-state index >= 15 is 0 Å². The van der Waals surface area contributed by atoms with Crippen LogP contribution in [0.3, 0.4) is 0 Å². The monoisotopic (exact) mass is 286 g/mol. The first-order chi connectivity index (χ1) is 10.2. The lowest BCUT2D eigenvalue weighted by Gasteiger charge is -2.09.